The van der Waals surface area contributed by atoms with Crippen LogP contribution < -0.4 is 5.73 Å². The predicted octanol–water partition coefficient (Wildman–Crippen LogP) is 2.62. The van der Waals surface area contributed by atoms with Gasteiger partial charge in [0.15, 0.2) is 0 Å². The highest BCUT2D eigenvalue weighted by atomic mass is 32.2. The molecule has 1 aromatic carbocycles. The fourth-order valence-electron chi connectivity index (χ4n) is 1.60. The highest BCUT2D eigenvalue weighted by molar-refractivity contribution is 7.99. The van der Waals surface area contributed by atoms with Crippen molar-refractivity contribution in [3.05, 3.63) is 29.8 Å². The van der Waals surface area contributed by atoms with E-state index in [1.54, 1.807) is 0 Å². The van der Waals surface area contributed by atoms with Gasteiger partial charge in [0.1, 0.15) is 6.04 Å². The molecule has 4 heteroatoms. The minimum atomic E-state index is -0.528. The number of ether oxygens (including phenoxy) is 1. The quantitative estimate of drug-likeness (QED) is 0.636. The monoisotopic (exact) mass is 267 g/mol. The maximum Gasteiger partial charge on any atom is 0.322 e. The van der Waals surface area contributed by atoms with Crippen LogP contribution >= 0.6 is 11.8 Å². The number of aryl methyl sites for hydroxylation is 1. The van der Waals surface area contributed by atoms with Crippen molar-refractivity contribution in [1.82, 2.24) is 0 Å². The standard InChI is InChI=1S/C14H21NO2S/c1-10(2)18-12-7-4-11(5-8-12)6-9-13(15)14(16)17-3/h4-5,7-8,10,13H,6,9,15H2,1-3H3. The molecule has 0 aromatic heterocycles. The van der Waals surface area contributed by atoms with E-state index in [4.69, 9.17) is 5.73 Å². The molecule has 1 rings (SSSR count). The second-order valence-corrected chi connectivity index (χ2v) is 6.13. The smallest absolute Gasteiger partial charge is 0.322 e. The van der Waals surface area contributed by atoms with Gasteiger partial charge in [-0.2, -0.15) is 0 Å². The number of esters is 1. The van der Waals surface area contributed by atoms with E-state index in [2.05, 4.69) is 42.8 Å². The summed E-state index contributed by atoms with van der Waals surface area (Å²) < 4.78 is 4.60. The summed E-state index contributed by atoms with van der Waals surface area (Å²) >= 11 is 1.84. The second-order valence-electron chi connectivity index (χ2n) is 4.48. The Hall–Kier alpha value is -1.00. The molecule has 2 N–H and O–H groups in total. The molecule has 0 radical (unpaired) electrons. The summed E-state index contributed by atoms with van der Waals surface area (Å²) in [5.41, 5.74) is 6.89. The lowest BCUT2D eigenvalue weighted by Crippen LogP contribution is -2.31. The Balaban J connectivity index is 2.46. The number of methoxy groups -OCH3 is 1. The van der Waals surface area contributed by atoms with E-state index in [0.717, 1.165) is 6.42 Å². The van der Waals surface area contributed by atoms with Gasteiger partial charge in [-0.1, -0.05) is 26.0 Å². The summed E-state index contributed by atoms with van der Waals surface area (Å²) in [7, 11) is 1.36. The Morgan fingerprint density at radius 2 is 1.94 bits per heavy atom. The molecule has 0 heterocycles. The van der Waals surface area contributed by atoms with Gasteiger partial charge in [0.25, 0.3) is 0 Å². The van der Waals surface area contributed by atoms with Crippen molar-refractivity contribution < 1.29 is 9.53 Å². The number of nitrogens with two attached hydrogens (primary N) is 1. The van der Waals surface area contributed by atoms with E-state index in [1.165, 1.54) is 17.6 Å². The zero-order chi connectivity index (χ0) is 13.5. The third-order valence-corrected chi connectivity index (χ3v) is 3.56. The minimum Gasteiger partial charge on any atom is -0.468 e. The average Bonchev–Trinajstić information content (AvgIpc) is 2.36. The van der Waals surface area contributed by atoms with Crippen LogP contribution in [0.5, 0.6) is 0 Å². The van der Waals surface area contributed by atoms with E-state index in [0.29, 0.717) is 11.7 Å². The van der Waals surface area contributed by atoms with E-state index >= 15 is 0 Å². The van der Waals surface area contributed by atoms with E-state index in [-0.39, 0.29) is 5.97 Å². The Morgan fingerprint density at radius 1 is 1.33 bits per heavy atom. The molecule has 0 saturated heterocycles. The Kier molecular flexibility index (Phi) is 6.22. The van der Waals surface area contributed by atoms with Crippen molar-refractivity contribution in [2.45, 2.75) is 42.9 Å². The molecule has 1 aromatic rings. The molecule has 0 aliphatic carbocycles. The lowest BCUT2D eigenvalue weighted by atomic mass is 10.1. The lowest BCUT2D eigenvalue weighted by molar-refractivity contribution is -0.142. The maximum atomic E-state index is 11.2. The van der Waals surface area contributed by atoms with Crippen molar-refractivity contribution in [1.29, 1.82) is 0 Å². The van der Waals surface area contributed by atoms with Crippen molar-refractivity contribution in [2.75, 3.05) is 7.11 Å². The van der Waals surface area contributed by atoms with Gasteiger partial charge >= 0.3 is 5.97 Å². The maximum absolute atomic E-state index is 11.2. The minimum absolute atomic E-state index is 0.345. The Bertz CT molecular complexity index is 376. The normalized spacial score (nSPS) is 12.5. The summed E-state index contributed by atoms with van der Waals surface area (Å²) in [5.74, 6) is -0.345. The Labute approximate surface area is 113 Å². The molecule has 1 unspecified atom stereocenters. The van der Waals surface area contributed by atoms with E-state index < -0.39 is 6.04 Å². The van der Waals surface area contributed by atoms with Gasteiger partial charge < -0.3 is 10.5 Å². The van der Waals surface area contributed by atoms with Crippen LogP contribution in [-0.4, -0.2) is 24.4 Å². The SMILES string of the molecule is COC(=O)C(N)CCc1ccc(SC(C)C)cc1. The highest BCUT2D eigenvalue weighted by Gasteiger charge is 2.13. The van der Waals surface area contributed by atoms with Crippen molar-refractivity contribution in [3.8, 4) is 0 Å². The third kappa shape index (κ3) is 5.10. The number of carbonyl (C=O) groups is 1. The van der Waals surface area contributed by atoms with Gasteiger partial charge in [-0.05, 0) is 30.5 Å². The van der Waals surface area contributed by atoms with Crippen molar-refractivity contribution >= 4 is 17.7 Å². The second kappa shape index (κ2) is 7.44. The van der Waals surface area contributed by atoms with E-state index in [1.807, 2.05) is 11.8 Å². The highest BCUT2D eigenvalue weighted by Crippen LogP contribution is 2.23. The molecule has 3 nitrogen and oxygen atoms in total. The summed E-state index contributed by atoms with van der Waals surface area (Å²) in [6.45, 7) is 4.35. The number of benzene rings is 1. The van der Waals surface area contributed by atoms with Crippen LogP contribution in [0.25, 0.3) is 0 Å². The third-order valence-electron chi connectivity index (χ3n) is 2.54. The zero-order valence-electron chi connectivity index (χ0n) is 11.2. The van der Waals surface area contributed by atoms with Crippen LogP contribution in [0.1, 0.15) is 25.8 Å². The summed E-state index contributed by atoms with van der Waals surface area (Å²) in [6, 6.07) is 7.89. The number of hydrogen-bond donors (Lipinski definition) is 1. The molecule has 0 saturated carbocycles. The number of hydrogen-bond acceptors (Lipinski definition) is 4. The van der Waals surface area contributed by atoms with Gasteiger partial charge in [-0.3, -0.25) is 4.79 Å². The fraction of sp³-hybridized carbons (Fsp3) is 0.500. The average molecular weight is 267 g/mol. The molecule has 0 fully saturated rings. The molecular formula is C14H21NO2S. The lowest BCUT2D eigenvalue weighted by Gasteiger charge is -2.09. The molecule has 0 aliphatic heterocycles. The topological polar surface area (TPSA) is 52.3 Å². The molecule has 18 heavy (non-hydrogen) atoms. The summed E-state index contributed by atoms with van der Waals surface area (Å²) in [6.07, 6.45) is 1.41. The Morgan fingerprint density at radius 3 is 2.44 bits per heavy atom. The predicted molar refractivity (Wildman–Crippen MR) is 75.7 cm³/mol. The first-order valence-electron chi connectivity index (χ1n) is 6.12. The molecule has 100 valence electrons. The number of thioether (sulfide) groups is 1. The molecular weight excluding hydrogens is 246 g/mol. The van der Waals surface area contributed by atoms with Crippen LogP contribution in [-0.2, 0) is 16.0 Å². The molecule has 0 spiro atoms. The van der Waals surface area contributed by atoms with Crippen LogP contribution in [0.15, 0.2) is 29.2 Å². The van der Waals surface area contributed by atoms with Gasteiger partial charge in [-0.25, -0.2) is 0 Å². The number of carbonyl (C=O) groups excluding carboxylic acids is 1. The summed E-state index contributed by atoms with van der Waals surface area (Å²) in [4.78, 5) is 12.4. The zero-order valence-corrected chi connectivity index (χ0v) is 12.0. The van der Waals surface area contributed by atoms with Crippen molar-refractivity contribution in [2.24, 2.45) is 5.73 Å². The van der Waals surface area contributed by atoms with Gasteiger partial charge in [-0.15, -0.1) is 11.8 Å². The molecule has 0 bridgehead atoms. The molecule has 1 atom stereocenters. The molecule has 0 amide bonds. The van der Waals surface area contributed by atoms with Gasteiger partial charge in [0.2, 0.25) is 0 Å². The molecule has 0 aliphatic rings. The van der Waals surface area contributed by atoms with E-state index in [9.17, 15) is 4.79 Å². The van der Waals surface area contributed by atoms with Crippen molar-refractivity contribution in [3.63, 3.8) is 0 Å². The van der Waals surface area contributed by atoms with Gasteiger partial charge in [0, 0.05) is 10.1 Å². The van der Waals surface area contributed by atoms with Crippen LogP contribution in [0.4, 0.5) is 0 Å². The largest absolute Gasteiger partial charge is 0.468 e. The van der Waals surface area contributed by atoms with Crippen LogP contribution in [0, 0.1) is 0 Å². The first-order valence-corrected chi connectivity index (χ1v) is 7.00. The summed E-state index contributed by atoms with van der Waals surface area (Å²) in [5, 5.41) is 0.587. The van der Waals surface area contributed by atoms with Crippen LogP contribution in [0.3, 0.4) is 0 Å². The van der Waals surface area contributed by atoms with Crippen LogP contribution in [0.2, 0.25) is 0 Å². The first kappa shape index (κ1) is 15.1. The number of rotatable bonds is 6. The fourth-order valence-corrected chi connectivity index (χ4v) is 2.44. The first-order chi connectivity index (χ1) is 8.52. The van der Waals surface area contributed by atoms with Gasteiger partial charge in [0.05, 0.1) is 7.11 Å².